The third kappa shape index (κ3) is 2.62. The molecule has 7 nitrogen and oxygen atoms in total. The fraction of sp³-hybridized carbons (Fsp3) is 0.278. The Labute approximate surface area is 157 Å². The van der Waals surface area contributed by atoms with Crippen LogP contribution in [0.1, 0.15) is 35.2 Å². The van der Waals surface area contributed by atoms with Crippen LogP contribution in [-0.2, 0) is 5.67 Å². The predicted octanol–water partition coefficient (Wildman–Crippen LogP) is 3.03. The molecule has 1 aliphatic rings. The molecule has 0 saturated heterocycles. The van der Waals surface area contributed by atoms with Gasteiger partial charge >= 0.3 is 0 Å². The van der Waals surface area contributed by atoms with E-state index in [1.807, 2.05) is 24.3 Å². The van der Waals surface area contributed by atoms with Gasteiger partial charge in [-0.1, -0.05) is 5.21 Å². The Balaban J connectivity index is 1.53. The van der Waals surface area contributed by atoms with Crippen LogP contribution >= 0.6 is 11.3 Å². The molecule has 1 aliphatic carbocycles. The molecule has 0 radical (unpaired) electrons. The summed E-state index contributed by atoms with van der Waals surface area (Å²) >= 11 is 1.33. The molecular weight excluding hydrogens is 369 g/mol. The van der Waals surface area contributed by atoms with Crippen LogP contribution in [0.15, 0.2) is 43.0 Å². The first-order valence-electron chi connectivity index (χ1n) is 8.48. The molecule has 1 N–H and O–H groups in total. The molecule has 138 valence electrons. The van der Waals surface area contributed by atoms with Crippen molar-refractivity contribution >= 4 is 16.2 Å². The summed E-state index contributed by atoms with van der Waals surface area (Å²) in [5.74, 6) is 0.738. The number of rotatable bonds is 5. The molecular formula is C18H16FN5O2S. The molecule has 1 unspecified atom stereocenters. The van der Waals surface area contributed by atoms with Crippen molar-refractivity contribution in [1.29, 1.82) is 0 Å². The molecule has 0 spiro atoms. The zero-order valence-corrected chi connectivity index (χ0v) is 15.2. The van der Waals surface area contributed by atoms with Crippen molar-refractivity contribution in [3.8, 4) is 11.4 Å². The standard InChI is InChI=1S/C18H16FN5O2S/c1-26-12-4-2-11(3-5-12)24-9-13(21-22-24)16(25)15-17(18(19)6-7-18)27-14-8-20-10-23(14)15/h2-5,8-10,16,25H,6-7H2,1H3. The minimum absolute atomic E-state index is 0.352. The highest BCUT2D eigenvalue weighted by atomic mass is 32.1. The summed E-state index contributed by atoms with van der Waals surface area (Å²) in [5.41, 5.74) is 0.259. The number of aliphatic hydroxyl groups is 1. The van der Waals surface area contributed by atoms with Crippen LogP contribution in [0.2, 0.25) is 0 Å². The SMILES string of the molecule is COc1ccc(-n2cc(C(O)c3c(C4(F)CC4)sc4cncn34)nn2)cc1. The van der Waals surface area contributed by atoms with Gasteiger partial charge < -0.3 is 9.84 Å². The summed E-state index contributed by atoms with van der Waals surface area (Å²) < 4.78 is 23.3. The Morgan fingerprint density at radius 3 is 2.78 bits per heavy atom. The van der Waals surface area contributed by atoms with Gasteiger partial charge in [0.05, 0.1) is 35.8 Å². The number of hydrogen-bond acceptors (Lipinski definition) is 6. The van der Waals surface area contributed by atoms with E-state index in [2.05, 4.69) is 15.3 Å². The van der Waals surface area contributed by atoms with Crippen molar-refractivity contribution in [1.82, 2.24) is 24.4 Å². The van der Waals surface area contributed by atoms with Crippen LogP contribution in [0.3, 0.4) is 0 Å². The average molecular weight is 385 g/mol. The largest absolute Gasteiger partial charge is 0.497 e. The number of aromatic nitrogens is 5. The minimum atomic E-state index is -1.36. The van der Waals surface area contributed by atoms with E-state index in [4.69, 9.17) is 4.74 Å². The quantitative estimate of drug-likeness (QED) is 0.571. The second kappa shape index (κ2) is 5.86. The van der Waals surface area contributed by atoms with Crippen LogP contribution in [0.25, 0.3) is 10.5 Å². The summed E-state index contributed by atoms with van der Waals surface area (Å²) in [7, 11) is 1.60. The Morgan fingerprint density at radius 2 is 2.07 bits per heavy atom. The van der Waals surface area contributed by atoms with E-state index in [0.29, 0.717) is 29.1 Å². The van der Waals surface area contributed by atoms with Gasteiger partial charge in [-0.2, -0.15) is 0 Å². The molecule has 4 aromatic rings. The van der Waals surface area contributed by atoms with Gasteiger partial charge in [-0.05, 0) is 37.1 Å². The normalized spacial score (nSPS) is 16.6. The highest BCUT2D eigenvalue weighted by Gasteiger charge is 2.49. The molecule has 0 amide bonds. The Kier molecular flexibility index (Phi) is 3.56. The van der Waals surface area contributed by atoms with E-state index in [1.165, 1.54) is 11.3 Å². The molecule has 1 saturated carbocycles. The maximum absolute atomic E-state index is 14.8. The lowest BCUT2D eigenvalue weighted by Gasteiger charge is -2.11. The third-order valence-corrected chi connectivity index (χ3v) is 6.08. The van der Waals surface area contributed by atoms with Crippen molar-refractivity contribution in [2.45, 2.75) is 24.6 Å². The van der Waals surface area contributed by atoms with E-state index in [1.54, 1.807) is 34.9 Å². The van der Waals surface area contributed by atoms with Crippen LogP contribution in [0, 0.1) is 0 Å². The first kappa shape index (κ1) is 16.4. The number of halogens is 1. The van der Waals surface area contributed by atoms with E-state index in [0.717, 1.165) is 16.3 Å². The lowest BCUT2D eigenvalue weighted by Crippen LogP contribution is -2.09. The van der Waals surface area contributed by atoms with Gasteiger partial charge in [0, 0.05) is 0 Å². The molecule has 1 fully saturated rings. The topological polar surface area (TPSA) is 77.5 Å². The Morgan fingerprint density at radius 1 is 1.30 bits per heavy atom. The zero-order valence-electron chi connectivity index (χ0n) is 14.4. The average Bonchev–Trinajstić information content (AvgIpc) is 3.11. The molecule has 3 aromatic heterocycles. The molecule has 3 heterocycles. The van der Waals surface area contributed by atoms with Crippen LogP contribution in [0.4, 0.5) is 4.39 Å². The van der Waals surface area contributed by atoms with Crippen molar-refractivity contribution in [3.63, 3.8) is 0 Å². The molecule has 1 atom stereocenters. The van der Waals surface area contributed by atoms with Gasteiger partial charge in [0.25, 0.3) is 0 Å². The lowest BCUT2D eigenvalue weighted by molar-refractivity contribution is 0.203. The molecule has 1 aromatic carbocycles. The van der Waals surface area contributed by atoms with Gasteiger partial charge in [0.2, 0.25) is 0 Å². The fourth-order valence-electron chi connectivity index (χ4n) is 3.12. The van der Waals surface area contributed by atoms with Crippen molar-refractivity contribution in [3.05, 3.63) is 59.3 Å². The van der Waals surface area contributed by atoms with Crippen LogP contribution in [0.5, 0.6) is 5.75 Å². The second-order valence-electron chi connectivity index (χ2n) is 6.57. The molecule has 5 rings (SSSR count). The Bertz CT molecular complexity index is 1110. The minimum Gasteiger partial charge on any atom is -0.497 e. The number of benzene rings is 1. The summed E-state index contributed by atoms with van der Waals surface area (Å²) in [4.78, 5) is 5.44. The van der Waals surface area contributed by atoms with Gasteiger partial charge in [-0.25, -0.2) is 14.1 Å². The first-order valence-corrected chi connectivity index (χ1v) is 9.29. The number of thiazole rings is 1. The number of aliphatic hydroxyl groups excluding tert-OH is 1. The molecule has 0 aliphatic heterocycles. The maximum Gasteiger partial charge on any atom is 0.147 e. The first-order chi connectivity index (χ1) is 13.1. The predicted molar refractivity (Wildman–Crippen MR) is 97.1 cm³/mol. The van der Waals surface area contributed by atoms with Gasteiger partial charge in [0.1, 0.15) is 34.4 Å². The summed E-state index contributed by atoms with van der Waals surface area (Å²) in [6.45, 7) is 0. The number of fused-ring (bicyclic) bond motifs is 1. The highest BCUT2D eigenvalue weighted by Crippen LogP contribution is 2.54. The number of nitrogens with zero attached hydrogens (tertiary/aromatic N) is 5. The molecule has 27 heavy (non-hydrogen) atoms. The highest BCUT2D eigenvalue weighted by molar-refractivity contribution is 7.17. The van der Waals surface area contributed by atoms with E-state index >= 15 is 0 Å². The van der Waals surface area contributed by atoms with E-state index in [-0.39, 0.29) is 0 Å². The number of alkyl halides is 1. The fourth-order valence-corrected chi connectivity index (χ4v) is 4.39. The van der Waals surface area contributed by atoms with Crippen molar-refractivity contribution in [2.75, 3.05) is 7.11 Å². The second-order valence-corrected chi connectivity index (χ2v) is 7.60. The third-order valence-electron chi connectivity index (χ3n) is 4.79. The Hall–Kier alpha value is -2.78. The van der Waals surface area contributed by atoms with Gasteiger partial charge in [-0.3, -0.25) is 4.40 Å². The van der Waals surface area contributed by atoms with Crippen LogP contribution < -0.4 is 4.74 Å². The van der Waals surface area contributed by atoms with E-state index in [9.17, 15) is 9.50 Å². The zero-order chi connectivity index (χ0) is 18.6. The lowest BCUT2D eigenvalue weighted by atomic mass is 10.1. The van der Waals surface area contributed by atoms with Gasteiger partial charge in [-0.15, -0.1) is 16.4 Å². The number of hydrogen-bond donors (Lipinski definition) is 1. The molecule has 9 heteroatoms. The van der Waals surface area contributed by atoms with Crippen molar-refractivity contribution in [2.24, 2.45) is 0 Å². The van der Waals surface area contributed by atoms with Gasteiger partial charge in [0.15, 0.2) is 0 Å². The van der Waals surface area contributed by atoms with E-state index < -0.39 is 11.8 Å². The smallest absolute Gasteiger partial charge is 0.147 e. The van der Waals surface area contributed by atoms with Crippen molar-refractivity contribution < 1.29 is 14.2 Å². The number of methoxy groups -OCH3 is 1. The number of ether oxygens (including phenoxy) is 1. The summed E-state index contributed by atoms with van der Waals surface area (Å²) in [5, 5.41) is 19.2. The monoisotopic (exact) mass is 385 g/mol. The molecule has 0 bridgehead atoms. The van der Waals surface area contributed by atoms with Crippen LogP contribution in [-0.4, -0.2) is 36.6 Å². The summed E-state index contributed by atoms with van der Waals surface area (Å²) in [6.07, 6.45) is 4.76. The number of imidazole rings is 1. The summed E-state index contributed by atoms with van der Waals surface area (Å²) in [6, 6.07) is 7.32. The maximum atomic E-state index is 14.8.